The van der Waals surface area contributed by atoms with Crippen LogP contribution in [-0.2, 0) is 16.0 Å². The topological polar surface area (TPSA) is 66.8 Å². The van der Waals surface area contributed by atoms with Crippen molar-refractivity contribution in [3.05, 3.63) is 106 Å². The number of methoxy groups -OCH3 is 1. The fourth-order valence-electron chi connectivity index (χ4n) is 3.90. The van der Waals surface area contributed by atoms with Crippen LogP contribution in [0.15, 0.2) is 84.4 Å². The van der Waals surface area contributed by atoms with Gasteiger partial charge in [-0.2, -0.15) is 0 Å². The largest absolute Gasteiger partial charge is 0.507 e. The molecule has 3 aromatic rings. The maximum atomic E-state index is 13.1. The maximum absolute atomic E-state index is 13.1. The van der Waals surface area contributed by atoms with Crippen LogP contribution >= 0.6 is 11.6 Å². The number of aliphatic hydroxyl groups is 1. The first-order valence-corrected chi connectivity index (χ1v) is 10.6. The van der Waals surface area contributed by atoms with Gasteiger partial charge in [0.1, 0.15) is 11.5 Å². The molecule has 1 atom stereocenters. The lowest BCUT2D eigenvalue weighted by Crippen LogP contribution is -2.31. The van der Waals surface area contributed by atoms with Gasteiger partial charge in [-0.1, -0.05) is 54.1 Å². The smallest absolute Gasteiger partial charge is 0.295 e. The number of ketones is 1. The van der Waals surface area contributed by atoms with Gasteiger partial charge in [0, 0.05) is 17.1 Å². The second-order valence-corrected chi connectivity index (χ2v) is 7.94. The Labute approximate surface area is 191 Å². The van der Waals surface area contributed by atoms with Crippen LogP contribution < -0.4 is 4.74 Å². The fraction of sp³-hybridized carbons (Fsp3) is 0.154. The Kier molecular flexibility index (Phi) is 6.28. The number of rotatable bonds is 6. The molecular weight excluding hydrogens is 426 g/mol. The van der Waals surface area contributed by atoms with E-state index < -0.39 is 17.7 Å². The minimum absolute atomic E-state index is 0.0653. The van der Waals surface area contributed by atoms with Crippen molar-refractivity contribution in [3.63, 3.8) is 0 Å². The molecule has 1 fully saturated rings. The zero-order valence-electron chi connectivity index (χ0n) is 17.5. The number of nitrogens with zero attached hydrogens (tertiary/aromatic N) is 1. The first-order valence-electron chi connectivity index (χ1n) is 10.2. The number of ether oxygens (including phenoxy) is 1. The number of Topliss-reactive ketones (excluding diaryl/α,β-unsaturated/α-hetero) is 1. The Morgan fingerprint density at radius 1 is 0.969 bits per heavy atom. The van der Waals surface area contributed by atoms with Gasteiger partial charge in [-0.05, 0) is 53.9 Å². The molecule has 5 nitrogen and oxygen atoms in total. The van der Waals surface area contributed by atoms with Gasteiger partial charge in [-0.15, -0.1) is 0 Å². The van der Waals surface area contributed by atoms with Crippen LogP contribution in [0.2, 0.25) is 5.02 Å². The highest BCUT2D eigenvalue weighted by molar-refractivity contribution is 6.46. The average molecular weight is 448 g/mol. The van der Waals surface area contributed by atoms with Crippen LogP contribution in [0, 0.1) is 0 Å². The van der Waals surface area contributed by atoms with Crippen LogP contribution in [0.3, 0.4) is 0 Å². The highest BCUT2D eigenvalue weighted by Crippen LogP contribution is 2.40. The molecule has 1 saturated heterocycles. The molecule has 0 saturated carbocycles. The zero-order valence-corrected chi connectivity index (χ0v) is 18.3. The van der Waals surface area contributed by atoms with Gasteiger partial charge in [0.2, 0.25) is 0 Å². The Morgan fingerprint density at radius 2 is 1.62 bits per heavy atom. The molecule has 4 rings (SSSR count). The highest BCUT2D eigenvalue weighted by atomic mass is 35.5. The van der Waals surface area contributed by atoms with E-state index in [0.29, 0.717) is 34.9 Å². The summed E-state index contributed by atoms with van der Waals surface area (Å²) in [6, 6.07) is 22.7. The molecule has 162 valence electrons. The van der Waals surface area contributed by atoms with Crippen molar-refractivity contribution in [1.82, 2.24) is 4.90 Å². The van der Waals surface area contributed by atoms with E-state index in [0.717, 1.165) is 5.56 Å². The molecule has 3 aromatic carbocycles. The van der Waals surface area contributed by atoms with Crippen molar-refractivity contribution >= 4 is 29.1 Å². The van der Waals surface area contributed by atoms with Crippen molar-refractivity contribution in [1.29, 1.82) is 0 Å². The van der Waals surface area contributed by atoms with Gasteiger partial charge < -0.3 is 14.7 Å². The molecule has 1 aliphatic rings. The van der Waals surface area contributed by atoms with E-state index in [4.69, 9.17) is 16.3 Å². The Bertz CT molecular complexity index is 1150. The molecule has 1 heterocycles. The SMILES string of the molecule is COc1ccc(C2/C(=C(\O)c3ccc(Cl)cc3)C(=O)C(=O)N2CCc2ccccc2)cc1. The molecule has 0 aliphatic carbocycles. The van der Waals surface area contributed by atoms with Gasteiger partial charge in [0.15, 0.2) is 0 Å². The third-order valence-electron chi connectivity index (χ3n) is 5.57. The van der Waals surface area contributed by atoms with E-state index >= 15 is 0 Å². The molecule has 1 unspecified atom stereocenters. The molecule has 0 spiro atoms. The lowest BCUT2D eigenvalue weighted by atomic mass is 9.95. The van der Waals surface area contributed by atoms with Crippen molar-refractivity contribution in [3.8, 4) is 5.75 Å². The van der Waals surface area contributed by atoms with Crippen LogP contribution in [0.4, 0.5) is 0 Å². The van der Waals surface area contributed by atoms with Gasteiger partial charge in [-0.3, -0.25) is 9.59 Å². The molecule has 6 heteroatoms. The van der Waals surface area contributed by atoms with E-state index in [-0.39, 0.29) is 11.3 Å². The predicted octanol–water partition coefficient (Wildman–Crippen LogP) is 5.01. The number of likely N-dealkylation sites (tertiary alicyclic amines) is 1. The number of amides is 1. The molecule has 0 bridgehead atoms. The summed E-state index contributed by atoms with van der Waals surface area (Å²) in [7, 11) is 1.57. The summed E-state index contributed by atoms with van der Waals surface area (Å²) >= 11 is 5.96. The summed E-state index contributed by atoms with van der Waals surface area (Å²) < 4.78 is 5.24. The molecule has 32 heavy (non-hydrogen) atoms. The van der Waals surface area contributed by atoms with E-state index in [1.54, 1.807) is 55.6 Å². The Hall–Kier alpha value is -3.57. The van der Waals surface area contributed by atoms with E-state index in [1.807, 2.05) is 30.3 Å². The zero-order chi connectivity index (χ0) is 22.7. The minimum Gasteiger partial charge on any atom is -0.507 e. The average Bonchev–Trinajstić information content (AvgIpc) is 3.08. The maximum Gasteiger partial charge on any atom is 0.295 e. The lowest BCUT2D eigenvalue weighted by Gasteiger charge is -2.25. The van der Waals surface area contributed by atoms with E-state index in [1.165, 1.54) is 4.90 Å². The Balaban J connectivity index is 1.77. The Morgan fingerprint density at radius 3 is 2.25 bits per heavy atom. The first kappa shape index (κ1) is 21.7. The van der Waals surface area contributed by atoms with Gasteiger partial charge in [0.05, 0.1) is 18.7 Å². The van der Waals surface area contributed by atoms with Gasteiger partial charge >= 0.3 is 0 Å². The fourth-order valence-corrected chi connectivity index (χ4v) is 4.03. The molecule has 1 N–H and O–H groups in total. The number of benzene rings is 3. The normalized spacial score (nSPS) is 17.6. The minimum atomic E-state index is -0.708. The number of carbonyl (C=O) groups is 2. The monoisotopic (exact) mass is 447 g/mol. The predicted molar refractivity (Wildman–Crippen MR) is 124 cm³/mol. The summed E-state index contributed by atoms with van der Waals surface area (Å²) in [6.07, 6.45) is 0.585. The summed E-state index contributed by atoms with van der Waals surface area (Å²) in [6.45, 7) is 0.336. The standard InChI is InChI=1S/C26H22ClNO4/c1-32-21-13-9-18(10-14-21)23-22(24(29)19-7-11-20(27)12-8-19)25(30)26(31)28(23)16-15-17-5-3-2-4-6-17/h2-14,23,29H,15-16H2,1H3/b24-22+. The summed E-state index contributed by atoms with van der Waals surface area (Å²) in [4.78, 5) is 27.6. The molecule has 0 aromatic heterocycles. The van der Waals surface area contributed by atoms with Crippen molar-refractivity contribution in [2.24, 2.45) is 0 Å². The number of aliphatic hydroxyl groups excluding tert-OH is 1. The van der Waals surface area contributed by atoms with Crippen molar-refractivity contribution in [2.75, 3.05) is 13.7 Å². The van der Waals surface area contributed by atoms with Crippen molar-refractivity contribution < 1.29 is 19.4 Å². The summed E-state index contributed by atoms with van der Waals surface area (Å²) in [5, 5.41) is 11.6. The number of hydrogen-bond donors (Lipinski definition) is 1. The molecule has 1 amide bonds. The summed E-state index contributed by atoms with van der Waals surface area (Å²) in [5.74, 6) is -0.890. The molecular formula is C26H22ClNO4. The molecule has 0 radical (unpaired) electrons. The quantitative estimate of drug-likeness (QED) is 0.327. The third kappa shape index (κ3) is 4.25. The van der Waals surface area contributed by atoms with Crippen LogP contribution in [0.5, 0.6) is 5.75 Å². The molecule has 1 aliphatic heterocycles. The van der Waals surface area contributed by atoms with E-state index in [2.05, 4.69) is 0 Å². The first-order chi connectivity index (χ1) is 15.5. The van der Waals surface area contributed by atoms with Gasteiger partial charge in [0.25, 0.3) is 11.7 Å². The number of carbonyl (C=O) groups excluding carboxylic acids is 2. The van der Waals surface area contributed by atoms with E-state index in [9.17, 15) is 14.7 Å². The highest BCUT2D eigenvalue weighted by Gasteiger charge is 2.45. The second-order valence-electron chi connectivity index (χ2n) is 7.51. The number of halogens is 1. The van der Waals surface area contributed by atoms with Crippen LogP contribution in [0.25, 0.3) is 5.76 Å². The number of hydrogen-bond acceptors (Lipinski definition) is 4. The van der Waals surface area contributed by atoms with Crippen LogP contribution in [0.1, 0.15) is 22.7 Å². The summed E-state index contributed by atoms with van der Waals surface area (Å²) in [5.41, 5.74) is 2.26. The van der Waals surface area contributed by atoms with Crippen LogP contribution in [-0.4, -0.2) is 35.4 Å². The van der Waals surface area contributed by atoms with Gasteiger partial charge in [-0.25, -0.2) is 0 Å². The third-order valence-corrected chi connectivity index (χ3v) is 5.83. The lowest BCUT2D eigenvalue weighted by molar-refractivity contribution is -0.139. The van der Waals surface area contributed by atoms with Crippen molar-refractivity contribution in [2.45, 2.75) is 12.5 Å². The second kappa shape index (κ2) is 9.28.